The number of hydrazone groups is 1. The first kappa shape index (κ1) is 16.7. The highest BCUT2D eigenvalue weighted by Crippen LogP contribution is 2.27. The number of aromatic hydroxyl groups is 1. The van der Waals surface area contributed by atoms with Gasteiger partial charge in [0.1, 0.15) is 5.75 Å². The largest absolute Gasteiger partial charge is 0.507 e. The van der Waals surface area contributed by atoms with Crippen LogP contribution in [0.25, 0.3) is 0 Å². The Morgan fingerprint density at radius 1 is 1.09 bits per heavy atom. The van der Waals surface area contributed by atoms with Crippen molar-refractivity contribution in [2.24, 2.45) is 5.10 Å². The molecule has 0 heterocycles. The third-order valence-corrected chi connectivity index (χ3v) is 3.75. The molecule has 0 bridgehead atoms. The van der Waals surface area contributed by atoms with Gasteiger partial charge in [-0.15, -0.1) is 0 Å². The average molecular weight is 310 g/mol. The molecular weight excluding hydrogens is 288 g/mol. The Hall–Kier alpha value is -2.62. The molecule has 0 saturated heterocycles. The van der Waals surface area contributed by atoms with Crippen molar-refractivity contribution in [3.05, 3.63) is 65.7 Å². The van der Waals surface area contributed by atoms with E-state index in [9.17, 15) is 9.90 Å². The zero-order valence-corrected chi connectivity index (χ0v) is 13.7. The van der Waals surface area contributed by atoms with Crippen LogP contribution in [0, 0.1) is 0 Å². The van der Waals surface area contributed by atoms with Crippen molar-refractivity contribution in [2.75, 3.05) is 0 Å². The van der Waals surface area contributed by atoms with Crippen molar-refractivity contribution < 1.29 is 9.90 Å². The third-order valence-electron chi connectivity index (χ3n) is 3.75. The topological polar surface area (TPSA) is 61.7 Å². The summed E-state index contributed by atoms with van der Waals surface area (Å²) in [6, 6.07) is 16.6. The van der Waals surface area contributed by atoms with E-state index in [2.05, 4.69) is 36.5 Å². The highest BCUT2D eigenvalue weighted by Gasteiger charge is 2.21. The summed E-state index contributed by atoms with van der Waals surface area (Å²) in [7, 11) is 0. The molecule has 2 aromatic carbocycles. The Balaban J connectivity index is 2.03. The highest BCUT2D eigenvalue weighted by atomic mass is 16.3. The maximum Gasteiger partial charge on any atom is 0.275 e. The summed E-state index contributed by atoms with van der Waals surface area (Å²) < 4.78 is 0. The van der Waals surface area contributed by atoms with Crippen LogP contribution in [0.4, 0.5) is 0 Å². The normalized spacial score (nSPS) is 12.0. The van der Waals surface area contributed by atoms with E-state index in [1.807, 2.05) is 25.1 Å². The van der Waals surface area contributed by atoms with Crippen molar-refractivity contribution in [2.45, 2.75) is 32.6 Å². The second-order valence-corrected chi connectivity index (χ2v) is 6.23. The molecular formula is C19H22N2O2. The van der Waals surface area contributed by atoms with Gasteiger partial charge in [-0.3, -0.25) is 4.79 Å². The standard InChI is InChI=1S/C19H22N2O2/c1-14(13-19(2,3)15-9-5-4-6-10-15)20-21-18(23)16-11-7-8-12-17(16)22/h4-12,22H,13H2,1-3H3,(H,21,23)/b20-14-. The van der Waals surface area contributed by atoms with E-state index in [1.165, 1.54) is 11.6 Å². The van der Waals surface area contributed by atoms with Gasteiger partial charge in [-0.25, -0.2) is 5.43 Å². The molecule has 23 heavy (non-hydrogen) atoms. The molecule has 0 aliphatic carbocycles. The van der Waals surface area contributed by atoms with Gasteiger partial charge in [0.15, 0.2) is 0 Å². The first-order valence-electron chi connectivity index (χ1n) is 7.57. The summed E-state index contributed by atoms with van der Waals surface area (Å²) in [5.74, 6) is -0.470. The fourth-order valence-electron chi connectivity index (χ4n) is 2.54. The van der Waals surface area contributed by atoms with Gasteiger partial charge in [-0.05, 0) is 36.5 Å². The molecule has 2 aromatic rings. The van der Waals surface area contributed by atoms with Crippen molar-refractivity contribution in [3.8, 4) is 5.75 Å². The number of para-hydroxylation sites is 1. The predicted octanol–water partition coefficient (Wildman–Crippen LogP) is 3.87. The number of carbonyl (C=O) groups is 1. The summed E-state index contributed by atoms with van der Waals surface area (Å²) in [5.41, 5.74) is 4.69. The maximum atomic E-state index is 12.0. The number of hydrogen-bond donors (Lipinski definition) is 2. The van der Waals surface area contributed by atoms with Crippen LogP contribution in [-0.2, 0) is 5.41 Å². The maximum absolute atomic E-state index is 12.0. The van der Waals surface area contributed by atoms with Crippen molar-refractivity contribution in [3.63, 3.8) is 0 Å². The SMILES string of the molecule is C/C(CC(C)(C)c1ccccc1)=N/NC(=O)c1ccccc1O. The molecule has 4 heteroatoms. The summed E-state index contributed by atoms with van der Waals surface area (Å²) in [5, 5.41) is 13.8. The summed E-state index contributed by atoms with van der Waals surface area (Å²) in [6.45, 7) is 6.17. The molecule has 0 spiro atoms. The monoisotopic (exact) mass is 310 g/mol. The first-order chi connectivity index (χ1) is 10.9. The molecule has 0 aliphatic rings. The summed E-state index contributed by atoms with van der Waals surface area (Å²) in [6.07, 6.45) is 0.720. The second-order valence-electron chi connectivity index (χ2n) is 6.23. The first-order valence-corrected chi connectivity index (χ1v) is 7.57. The number of phenols is 1. The Kier molecular flexibility index (Phi) is 5.16. The number of nitrogens with zero attached hydrogens (tertiary/aromatic N) is 1. The van der Waals surface area contributed by atoms with Crippen molar-refractivity contribution in [1.82, 2.24) is 5.43 Å². The van der Waals surface area contributed by atoms with E-state index in [4.69, 9.17) is 0 Å². The average Bonchev–Trinajstić information content (AvgIpc) is 2.53. The van der Waals surface area contributed by atoms with Gasteiger partial charge < -0.3 is 5.11 Å². The molecule has 0 aromatic heterocycles. The van der Waals surface area contributed by atoms with E-state index < -0.39 is 5.91 Å². The highest BCUT2D eigenvalue weighted by molar-refractivity contribution is 5.97. The molecule has 120 valence electrons. The minimum absolute atomic E-state index is 0.0533. The molecule has 0 atom stereocenters. The number of hydrogen-bond acceptors (Lipinski definition) is 3. The van der Waals surface area contributed by atoms with Crippen LogP contribution in [0.3, 0.4) is 0 Å². The Bertz CT molecular complexity index is 706. The van der Waals surface area contributed by atoms with E-state index in [1.54, 1.807) is 18.2 Å². The smallest absolute Gasteiger partial charge is 0.275 e. The van der Waals surface area contributed by atoms with Gasteiger partial charge in [0, 0.05) is 5.71 Å². The number of nitrogens with one attached hydrogen (secondary N) is 1. The molecule has 0 radical (unpaired) electrons. The molecule has 4 nitrogen and oxygen atoms in total. The van der Waals surface area contributed by atoms with Crippen molar-refractivity contribution >= 4 is 11.6 Å². The van der Waals surface area contributed by atoms with Gasteiger partial charge in [0.05, 0.1) is 5.56 Å². The number of phenolic OH excluding ortho intramolecular Hbond substituents is 1. The number of benzene rings is 2. The number of carbonyl (C=O) groups excluding carboxylic acids is 1. The molecule has 2 rings (SSSR count). The van der Waals surface area contributed by atoms with Gasteiger partial charge in [-0.2, -0.15) is 5.10 Å². The Morgan fingerprint density at radius 2 is 1.70 bits per heavy atom. The molecule has 2 N–H and O–H groups in total. The van der Waals surface area contributed by atoms with E-state index >= 15 is 0 Å². The zero-order chi connectivity index (χ0) is 16.9. The van der Waals surface area contributed by atoms with E-state index in [0.717, 1.165) is 12.1 Å². The molecule has 0 fully saturated rings. The van der Waals surface area contributed by atoms with Gasteiger partial charge in [0.25, 0.3) is 5.91 Å². The lowest BCUT2D eigenvalue weighted by Gasteiger charge is -2.25. The quantitative estimate of drug-likeness (QED) is 0.650. The van der Waals surface area contributed by atoms with E-state index in [-0.39, 0.29) is 16.7 Å². The fraction of sp³-hybridized carbons (Fsp3) is 0.263. The van der Waals surface area contributed by atoms with E-state index in [0.29, 0.717) is 0 Å². The number of amides is 1. The molecule has 1 amide bonds. The van der Waals surface area contributed by atoms with Gasteiger partial charge in [-0.1, -0.05) is 56.3 Å². The van der Waals surface area contributed by atoms with Crippen LogP contribution in [-0.4, -0.2) is 16.7 Å². The fourth-order valence-corrected chi connectivity index (χ4v) is 2.54. The third kappa shape index (κ3) is 4.42. The van der Waals surface area contributed by atoms with Crippen LogP contribution in [0.1, 0.15) is 43.1 Å². The lowest BCUT2D eigenvalue weighted by Crippen LogP contribution is -2.24. The second kappa shape index (κ2) is 7.09. The Labute approximate surface area is 136 Å². The predicted molar refractivity (Wildman–Crippen MR) is 92.8 cm³/mol. The van der Waals surface area contributed by atoms with Crippen LogP contribution in [0.5, 0.6) is 5.75 Å². The van der Waals surface area contributed by atoms with Gasteiger partial charge >= 0.3 is 0 Å². The zero-order valence-electron chi connectivity index (χ0n) is 13.7. The lowest BCUT2D eigenvalue weighted by molar-refractivity contribution is 0.0952. The van der Waals surface area contributed by atoms with Crippen molar-refractivity contribution in [1.29, 1.82) is 0 Å². The Morgan fingerprint density at radius 3 is 2.35 bits per heavy atom. The van der Waals surface area contributed by atoms with Gasteiger partial charge in [0.2, 0.25) is 0 Å². The van der Waals surface area contributed by atoms with Crippen LogP contribution < -0.4 is 5.43 Å². The molecule has 0 aliphatic heterocycles. The van der Waals surface area contributed by atoms with Crippen LogP contribution >= 0.6 is 0 Å². The minimum Gasteiger partial charge on any atom is -0.507 e. The molecule has 0 saturated carbocycles. The summed E-state index contributed by atoms with van der Waals surface area (Å²) in [4.78, 5) is 12.0. The summed E-state index contributed by atoms with van der Waals surface area (Å²) >= 11 is 0. The lowest BCUT2D eigenvalue weighted by atomic mass is 9.80. The molecule has 0 unspecified atom stereocenters. The number of rotatable bonds is 5. The minimum atomic E-state index is -0.417. The van der Waals surface area contributed by atoms with Crippen LogP contribution in [0.15, 0.2) is 59.7 Å². The van der Waals surface area contributed by atoms with Crippen LogP contribution in [0.2, 0.25) is 0 Å².